The van der Waals surface area contributed by atoms with Gasteiger partial charge in [-0.3, -0.25) is 19.5 Å². The van der Waals surface area contributed by atoms with Crippen molar-refractivity contribution in [3.8, 4) is 11.3 Å². The Bertz CT molecular complexity index is 1310. The maximum Gasteiger partial charge on any atom is 0.234 e. The van der Waals surface area contributed by atoms with Crippen LogP contribution in [-0.2, 0) is 16.1 Å². The molecule has 2 N–H and O–H groups in total. The van der Waals surface area contributed by atoms with Gasteiger partial charge in [0.05, 0.1) is 46.0 Å². The molecule has 33 heavy (non-hydrogen) atoms. The van der Waals surface area contributed by atoms with Crippen molar-refractivity contribution in [3.63, 3.8) is 0 Å². The summed E-state index contributed by atoms with van der Waals surface area (Å²) in [4.78, 5) is 37.2. The molecule has 0 spiro atoms. The number of hydrogen-bond donors (Lipinski definition) is 2. The zero-order valence-corrected chi connectivity index (χ0v) is 20.2. The topological polar surface area (TPSA) is 87.2 Å². The quantitative estimate of drug-likeness (QED) is 0.425. The third-order valence-electron chi connectivity index (χ3n) is 7.24. The highest BCUT2D eigenvalue weighted by molar-refractivity contribution is 7.19. The van der Waals surface area contributed by atoms with Gasteiger partial charge in [0.2, 0.25) is 11.8 Å². The molecule has 2 amide bonds. The summed E-state index contributed by atoms with van der Waals surface area (Å²) < 4.78 is 0.973. The van der Waals surface area contributed by atoms with Gasteiger partial charge in [-0.1, -0.05) is 25.4 Å². The van der Waals surface area contributed by atoms with Crippen LogP contribution in [0.3, 0.4) is 0 Å². The number of nitrogens with one attached hydrogen (secondary N) is 2. The number of nitrogens with zero attached hydrogens (tertiary/aromatic N) is 3. The Morgan fingerprint density at radius 1 is 1.24 bits per heavy atom. The van der Waals surface area contributed by atoms with E-state index in [0.29, 0.717) is 17.7 Å². The van der Waals surface area contributed by atoms with Crippen molar-refractivity contribution >= 4 is 50.7 Å². The number of carbonyl (C=O) groups is 2. The fourth-order valence-corrected chi connectivity index (χ4v) is 6.54. The molecule has 0 aromatic carbocycles. The van der Waals surface area contributed by atoms with Crippen molar-refractivity contribution in [2.24, 2.45) is 17.3 Å². The van der Waals surface area contributed by atoms with E-state index in [2.05, 4.69) is 20.6 Å². The molecule has 7 nitrogen and oxygen atoms in total. The molecule has 2 atom stereocenters. The largest absolute Gasteiger partial charge is 0.378 e. The van der Waals surface area contributed by atoms with Gasteiger partial charge in [-0.05, 0) is 36.1 Å². The number of hydrogen-bond acceptors (Lipinski definition) is 7. The summed E-state index contributed by atoms with van der Waals surface area (Å²) in [6, 6.07) is 6.15. The summed E-state index contributed by atoms with van der Waals surface area (Å²) in [5, 5.41) is 7.33. The zero-order valence-electron chi connectivity index (χ0n) is 18.6. The number of pyridine rings is 2. The van der Waals surface area contributed by atoms with Gasteiger partial charge in [0.15, 0.2) is 0 Å². The Morgan fingerprint density at radius 3 is 2.64 bits per heavy atom. The standard InChI is InChI=1S/C24H24ClN5O2S/c1-11-6-16(25)29-20(19(11)28-12-8-26-9-12)14-4-5-27-15-7-13(33-21(14)15)10-30-22(31)17-18(23(30)32)24(17,2)3/h4-7,12,17-18,26,28H,8-10H2,1-3H3. The Morgan fingerprint density at radius 2 is 1.97 bits per heavy atom. The fourth-order valence-electron chi connectivity index (χ4n) is 5.17. The normalized spacial score (nSPS) is 23.7. The first-order valence-electron chi connectivity index (χ1n) is 11.1. The van der Waals surface area contributed by atoms with Crippen LogP contribution in [0.15, 0.2) is 24.4 Å². The molecule has 170 valence electrons. The van der Waals surface area contributed by atoms with Crippen molar-refractivity contribution in [2.75, 3.05) is 18.4 Å². The highest BCUT2D eigenvalue weighted by Crippen LogP contribution is 2.63. The number of fused-ring (bicyclic) bond motifs is 2. The maximum absolute atomic E-state index is 12.8. The van der Waals surface area contributed by atoms with Gasteiger partial charge < -0.3 is 10.6 Å². The van der Waals surface area contributed by atoms with Crippen molar-refractivity contribution in [3.05, 3.63) is 40.0 Å². The highest BCUT2D eigenvalue weighted by atomic mass is 35.5. The monoisotopic (exact) mass is 481 g/mol. The molecule has 5 heterocycles. The van der Waals surface area contributed by atoms with Gasteiger partial charge >= 0.3 is 0 Å². The number of aryl methyl sites for hydroxylation is 1. The molecule has 3 fully saturated rings. The van der Waals surface area contributed by atoms with Gasteiger partial charge in [0, 0.05) is 29.7 Å². The van der Waals surface area contributed by atoms with Crippen LogP contribution in [0, 0.1) is 24.2 Å². The molecule has 0 bridgehead atoms. The lowest BCUT2D eigenvalue weighted by atomic mass is 10.0. The molecule has 9 heteroatoms. The van der Waals surface area contributed by atoms with Crippen LogP contribution >= 0.6 is 22.9 Å². The first-order valence-corrected chi connectivity index (χ1v) is 12.3. The van der Waals surface area contributed by atoms with Gasteiger partial charge in [0.25, 0.3) is 0 Å². The predicted octanol–water partition coefficient (Wildman–Crippen LogP) is 3.84. The van der Waals surface area contributed by atoms with Crippen LogP contribution in [0.5, 0.6) is 0 Å². The molecule has 0 radical (unpaired) electrons. The number of thiophene rings is 1. The minimum atomic E-state index is -0.199. The lowest BCUT2D eigenvalue weighted by Gasteiger charge is -2.30. The number of amides is 2. The van der Waals surface area contributed by atoms with Crippen LogP contribution in [-0.4, -0.2) is 45.8 Å². The fraction of sp³-hybridized carbons (Fsp3) is 0.417. The van der Waals surface area contributed by atoms with E-state index in [-0.39, 0.29) is 29.1 Å². The molecule has 2 unspecified atom stereocenters. The second-order valence-electron chi connectivity index (χ2n) is 9.81. The summed E-state index contributed by atoms with van der Waals surface area (Å²) >= 11 is 7.91. The molecule has 2 saturated heterocycles. The van der Waals surface area contributed by atoms with Gasteiger partial charge in [-0.15, -0.1) is 11.3 Å². The zero-order chi connectivity index (χ0) is 23.1. The van der Waals surface area contributed by atoms with E-state index in [4.69, 9.17) is 11.6 Å². The van der Waals surface area contributed by atoms with Crippen LogP contribution in [0.4, 0.5) is 5.69 Å². The number of anilines is 1. The first kappa shape index (κ1) is 21.0. The van der Waals surface area contributed by atoms with E-state index in [1.54, 1.807) is 17.5 Å². The van der Waals surface area contributed by atoms with Gasteiger partial charge in [-0.25, -0.2) is 4.98 Å². The molecule has 2 aliphatic heterocycles. The van der Waals surface area contributed by atoms with E-state index in [0.717, 1.165) is 50.7 Å². The Hall–Kier alpha value is -2.55. The van der Waals surface area contributed by atoms with E-state index >= 15 is 0 Å². The number of piperidine rings is 1. The van der Waals surface area contributed by atoms with E-state index < -0.39 is 0 Å². The third-order valence-corrected chi connectivity index (χ3v) is 8.57. The lowest BCUT2D eigenvalue weighted by molar-refractivity contribution is -0.143. The second-order valence-corrected chi connectivity index (χ2v) is 11.3. The number of carbonyl (C=O) groups excluding carboxylic acids is 2. The smallest absolute Gasteiger partial charge is 0.234 e. The van der Waals surface area contributed by atoms with Crippen molar-refractivity contribution in [1.29, 1.82) is 0 Å². The molecule has 1 aliphatic carbocycles. The molecular formula is C24H24ClN5O2S. The minimum absolute atomic E-state index is 0.0478. The van der Waals surface area contributed by atoms with Crippen molar-refractivity contribution in [1.82, 2.24) is 20.2 Å². The average molecular weight is 482 g/mol. The molecule has 6 rings (SSSR count). The van der Waals surface area contributed by atoms with E-state index in [1.165, 1.54) is 4.90 Å². The maximum atomic E-state index is 12.8. The van der Waals surface area contributed by atoms with Gasteiger partial charge in [0.1, 0.15) is 5.15 Å². The summed E-state index contributed by atoms with van der Waals surface area (Å²) in [5.74, 6) is -0.426. The lowest BCUT2D eigenvalue weighted by Crippen LogP contribution is -2.51. The number of aromatic nitrogens is 2. The molecular weight excluding hydrogens is 458 g/mol. The van der Waals surface area contributed by atoms with Crippen LogP contribution in [0.1, 0.15) is 24.3 Å². The number of rotatable bonds is 5. The van der Waals surface area contributed by atoms with Crippen LogP contribution in [0.25, 0.3) is 21.5 Å². The number of halogens is 1. The van der Waals surface area contributed by atoms with Gasteiger partial charge in [-0.2, -0.15) is 0 Å². The van der Waals surface area contributed by atoms with E-state index in [1.807, 2.05) is 39.0 Å². The minimum Gasteiger partial charge on any atom is -0.378 e. The summed E-state index contributed by atoms with van der Waals surface area (Å²) in [6.45, 7) is 8.14. The van der Waals surface area contributed by atoms with Crippen molar-refractivity contribution < 1.29 is 9.59 Å². The summed E-state index contributed by atoms with van der Waals surface area (Å²) in [7, 11) is 0. The first-order chi connectivity index (χ1) is 15.8. The average Bonchev–Trinajstić information content (AvgIpc) is 2.99. The second kappa shape index (κ2) is 7.22. The Balaban J connectivity index is 1.37. The third kappa shape index (κ3) is 3.19. The number of imide groups is 1. The summed E-state index contributed by atoms with van der Waals surface area (Å²) in [5.41, 5.74) is 4.38. The van der Waals surface area contributed by atoms with Crippen LogP contribution in [0.2, 0.25) is 5.15 Å². The van der Waals surface area contributed by atoms with Crippen LogP contribution < -0.4 is 10.6 Å². The van der Waals surface area contributed by atoms with Crippen molar-refractivity contribution in [2.45, 2.75) is 33.4 Å². The molecule has 3 aromatic rings. The van der Waals surface area contributed by atoms with E-state index in [9.17, 15) is 9.59 Å². The SMILES string of the molecule is Cc1cc(Cl)nc(-c2ccnc3cc(CN4C(=O)C5C(C4=O)C5(C)C)sc23)c1NC1CNC1. The molecule has 3 aliphatic rings. The predicted molar refractivity (Wildman–Crippen MR) is 129 cm³/mol. The number of likely N-dealkylation sites (tertiary alicyclic amines) is 1. The molecule has 1 saturated carbocycles. The Labute approximate surface area is 200 Å². The Kier molecular flexibility index (Phi) is 4.60. The summed E-state index contributed by atoms with van der Waals surface area (Å²) in [6.07, 6.45) is 1.77. The molecule has 3 aromatic heterocycles. The highest BCUT2D eigenvalue weighted by Gasteiger charge is 2.72.